The monoisotopic (exact) mass is 401 g/mol. The van der Waals surface area contributed by atoms with Gasteiger partial charge < -0.3 is 9.64 Å². The topological polar surface area (TPSA) is 83.0 Å². The second-order valence-electron chi connectivity index (χ2n) is 7.01. The van der Waals surface area contributed by atoms with Crippen LogP contribution in [0.4, 0.5) is 0 Å². The van der Waals surface area contributed by atoms with Crippen LogP contribution in [0.5, 0.6) is 0 Å². The summed E-state index contributed by atoms with van der Waals surface area (Å²) in [6.07, 6.45) is 0. The van der Waals surface area contributed by atoms with Crippen LogP contribution in [0.25, 0.3) is 11.4 Å². The Morgan fingerprint density at radius 3 is 2.68 bits per heavy atom. The zero-order chi connectivity index (χ0) is 19.8. The lowest BCUT2D eigenvalue weighted by Gasteiger charge is -2.23. The quantitative estimate of drug-likeness (QED) is 0.628. The molecule has 0 bridgehead atoms. The van der Waals surface area contributed by atoms with Gasteiger partial charge in [0.1, 0.15) is 0 Å². The van der Waals surface area contributed by atoms with Gasteiger partial charge in [0, 0.05) is 13.1 Å². The van der Waals surface area contributed by atoms with E-state index in [1.807, 2.05) is 63.1 Å². The van der Waals surface area contributed by atoms with E-state index in [9.17, 15) is 4.79 Å². The number of rotatable bonds is 5. The molecule has 1 aromatic carbocycles. The summed E-state index contributed by atoms with van der Waals surface area (Å²) in [7, 11) is 5.93. The molecular formula is C18H23N7O2S. The molecule has 1 fully saturated rings. The fourth-order valence-electron chi connectivity index (χ4n) is 3.44. The number of likely N-dealkylation sites (N-methyl/N-ethyl adjacent to an activating group) is 1. The zero-order valence-electron chi connectivity index (χ0n) is 16.3. The number of para-hydroxylation sites is 1. The minimum atomic E-state index is -0.160. The number of tetrazole rings is 1. The average Bonchev–Trinajstić information content (AvgIpc) is 3.37. The maximum Gasteiger partial charge on any atom is 0.297 e. The summed E-state index contributed by atoms with van der Waals surface area (Å²) < 4.78 is 10.6. The van der Waals surface area contributed by atoms with Crippen LogP contribution in [0.15, 0.2) is 40.3 Å². The average molecular weight is 401 g/mol. The number of thioether (sulfide) groups is 1. The van der Waals surface area contributed by atoms with Crippen LogP contribution in [0.1, 0.15) is 5.69 Å². The molecule has 3 aromatic rings. The lowest BCUT2D eigenvalue weighted by atomic mass is 10.2. The molecule has 4 rings (SSSR count). The van der Waals surface area contributed by atoms with Crippen LogP contribution in [-0.2, 0) is 11.8 Å². The summed E-state index contributed by atoms with van der Waals surface area (Å²) in [5.41, 5.74) is 1.88. The van der Waals surface area contributed by atoms with Crippen LogP contribution in [0.2, 0.25) is 0 Å². The molecule has 9 nitrogen and oxygen atoms in total. The first-order valence-electron chi connectivity index (χ1n) is 9.02. The van der Waals surface area contributed by atoms with Gasteiger partial charge in [0.25, 0.3) is 5.56 Å². The summed E-state index contributed by atoms with van der Waals surface area (Å²) in [6, 6.07) is 9.81. The van der Waals surface area contributed by atoms with Gasteiger partial charge in [-0.05, 0) is 43.6 Å². The van der Waals surface area contributed by atoms with Crippen LogP contribution >= 0.6 is 11.8 Å². The molecule has 0 spiro atoms. The lowest BCUT2D eigenvalue weighted by Crippen LogP contribution is -2.36. The smallest absolute Gasteiger partial charge is 0.297 e. The Balaban J connectivity index is 1.74. The number of hydrogen-bond donors (Lipinski definition) is 0. The minimum Gasteiger partial charge on any atom is -0.379 e. The first-order chi connectivity index (χ1) is 13.5. The maximum atomic E-state index is 13.3. The largest absolute Gasteiger partial charge is 0.379 e. The number of aromatic nitrogens is 6. The Labute approximate surface area is 166 Å². The van der Waals surface area contributed by atoms with Crippen molar-refractivity contribution in [2.45, 2.75) is 23.4 Å². The van der Waals surface area contributed by atoms with Crippen LogP contribution in [0, 0.1) is 6.92 Å². The van der Waals surface area contributed by atoms with Gasteiger partial charge in [-0.2, -0.15) is 4.68 Å². The molecule has 0 N–H and O–H groups in total. The van der Waals surface area contributed by atoms with Gasteiger partial charge in [-0.25, -0.2) is 4.68 Å². The molecule has 0 amide bonds. The molecule has 10 heteroatoms. The number of hydrogen-bond acceptors (Lipinski definition) is 7. The van der Waals surface area contributed by atoms with Gasteiger partial charge in [-0.1, -0.05) is 30.0 Å². The van der Waals surface area contributed by atoms with Gasteiger partial charge in [0.05, 0.1) is 29.8 Å². The molecule has 0 aliphatic carbocycles. The normalized spacial score (nSPS) is 19.6. The SMILES string of the molecule is Cc1c(-n2nnnc2SC2COCC2N(C)C)c(=O)n(-c2ccccc2)n1C. The van der Waals surface area contributed by atoms with Gasteiger partial charge in [-0.15, -0.1) is 5.10 Å². The third-order valence-corrected chi connectivity index (χ3v) is 6.31. The minimum absolute atomic E-state index is 0.160. The predicted molar refractivity (Wildman–Crippen MR) is 106 cm³/mol. The Hall–Kier alpha value is -2.43. The van der Waals surface area contributed by atoms with E-state index in [-0.39, 0.29) is 16.9 Å². The highest BCUT2D eigenvalue weighted by Crippen LogP contribution is 2.30. The third-order valence-electron chi connectivity index (χ3n) is 5.10. The first kappa shape index (κ1) is 18.9. The highest BCUT2D eigenvalue weighted by Gasteiger charge is 2.33. The molecule has 28 heavy (non-hydrogen) atoms. The van der Waals surface area contributed by atoms with E-state index in [1.54, 1.807) is 21.1 Å². The molecule has 2 atom stereocenters. The molecular weight excluding hydrogens is 378 g/mol. The lowest BCUT2D eigenvalue weighted by molar-refractivity contribution is 0.170. The summed E-state index contributed by atoms with van der Waals surface area (Å²) in [5, 5.41) is 12.9. The van der Waals surface area contributed by atoms with Crippen molar-refractivity contribution in [2.75, 3.05) is 27.3 Å². The van der Waals surface area contributed by atoms with Crippen molar-refractivity contribution in [3.63, 3.8) is 0 Å². The first-order valence-corrected chi connectivity index (χ1v) is 9.90. The Morgan fingerprint density at radius 1 is 1.21 bits per heavy atom. The number of ether oxygens (including phenoxy) is 1. The van der Waals surface area contributed by atoms with E-state index < -0.39 is 0 Å². The van der Waals surface area contributed by atoms with Crippen molar-refractivity contribution in [1.29, 1.82) is 0 Å². The van der Waals surface area contributed by atoms with E-state index in [0.29, 0.717) is 24.1 Å². The fourth-order valence-corrected chi connectivity index (χ4v) is 4.67. The molecule has 2 unspecified atom stereocenters. The van der Waals surface area contributed by atoms with Crippen molar-refractivity contribution < 1.29 is 4.74 Å². The van der Waals surface area contributed by atoms with E-state index in [0.717, 1.165) is 11.4 Å². The molecule has 3 heterocycles. The standard InChI is InChI=1S/C18H23N7O2S/c1-12-16(17(26)25(23(12)4)13-8-6-5-7-9-13)24-18(19-20-21-24)28-15-11-27-10-14(15)22(2)3/h5-9,14-15H,10-11H2,1-4H3. The van der Waals surface area contributed by atoms with Gasteiger partial charge >= 0.3 is 0 Å². The van der Waals surface area contributed by atoms with E-state index >= 15 is 0 Å². The molecule has 0 radical (unpaired) electrons. The second kappa shape index (κ2) is 7.53. The summed E-state index contributed by atoms with van der Waals surface area (Å²) in [4.78, 5) is 15.4. The van der Waals surface area contributed by atoms with Crippen LogP contribution in [-0.4, -0.2) is 73.1 Å². The van der Waals surface area contributed by atoms with E-state index in [4.69, 9.17) is 4.74 Å². The summed E-state index contributed by atoms with van der Waals surface area (Å²) >= 11 is 1.55. The van der Waals surface area contributed by atoms with Crippen molar-refractivity contribution in [3.05, 3.63) is 46.4 Å². The third kappa shape index (κ3) is 3.17. The Bertz CT molecular complexity index is 1020. The molecule has 1 aliphatic rings. The zero-order valence-corrected chi connectivity index (χ0v) is 17.1. The van der Waals surface area contributed by atoms with Crippen molar-refractivity contribution >= 4 is 11.8 Å². The molecule has 148 valence electrons. The molecule has 1 aliphatic heterocycles. The van der Waals surface area contributed by atoms with Crippen molar-refractivity contribution in [1.82, 2.24) is 34.5 Å². The van der Waals surface area contributed by atoms with Gasteiger partial charge in [0.15, 0.2) is 5.69 Å². The van der Waals surface area contributed by atoms with Crippen LogP contribution in [0.3, 0.4) is 0 Å². The number of benzene rings is 1. The van der Waals surface area contributed by atoms with Gasteiger partial charge in [-0.3, -0.25) is 9.48 Å². The summed E-state index contributed by atoms with van der Waals surface area (Å²) in [5.74, 6) is 0. The predicted octanol–water partition coefficient (Wildman–Crippen LogP) is 0.881. The van der Waals surface area contributed by atoms with Crippen molar-refractivity contribution in [2.24, 2.45) is 7.05 Å². The van der Waals surface area contributed by atoms with E-state index in [2.05, 4.69) is 20.4 Å². The number of nitrogens with zero attached hydrogens (tertiary/aromatic N) is 7. The second-order valence-corrected chi connectivity index (χ2v) is 8.21. The van der Waals surface area contributed by atoms with E-state index in [1.165, 1.54) is 0 Å². The molecule has 1 saturated heterocycles. The highest BCUT2D eigenvalue weighted by atomic mass is 32.2. The summed E-state index contributed by atoms with van der Waals surface area (Å²) in [6.45, 7) is 3.20. The maximum absolute atomic E-state index is 13.3. The van der Waals surface area contributed by atoms with Crippen molar-refractivity contribution in [3.8, 4) is 11.4 Å². The fraction of sp³-hybridized carbons (Fsp3) is 0.444. The van der Waals surface area contributed by atoms with Crippen LogP contribution < -0.4 is 5.56 Å². The molecule has 0 saturated carbocycles. The van der Waals surface area contributed by atoms with Gasteiger partial charge in [0.2, 0.25) is 5.16 Å². The Morgan fingerprint density at radius 2 is 1.96 bits per heavy atom. The highest BCUT2D eigenvalue weighted by molar-refractivity contribution is 7.99. The Kier molecular flexibility index (Phi) is 5.09. The molecule has 2 aromatic heterocycles.